The van der Waals surface area contributed by atoms with E-state index in [0.717, 1.165) is 19.4 Å². The van der Waals surface area contributed by atoms with Gasteiger partial charge in [0.1, 0.15) is 0 Å². The zero-order valence-corrected chi connectivity index (χ0v) is 7.11. The fourth-order valence-electron chi connectivity index (χ4n) is 1.43. The summed E-state index contributed by atoms with van der Waals surface area (Å²) in [7, 11) is 0. The number of rotatable bonds is 3. The van der Waals surface area contributed by atoms with Gasteiger partial charge in [-0.15, -0.1) is 12.3 Å². The molecule has 3 nitrogen and oxygen atoms in total. The van der Waals surface area contributed by atoms with Crippen LogP contribution in [0.4, 0.5) is 0 Å². The molecule has 1 rings (SSSR count). The summed E-state index contributed by atoms with van der Waals surface area (Å²) in [6.45, 7) is 2.02. The first-order valence-corrected chi connectivity index (χ1v) is 4.26. The minimum Gasteiger partial charge on any atom is -0.389 e. The molecule has 0 amide bonds. The molecule has 2 N–H and O–H groups in total. The van der Waals surface area contributed by atoms with E-state index in [1.165, 1.54) is 0 Å². The molecule has 1 saturated heterocycles. The second-order valence-corrected chi connectivity index (χ2v) is 3.20. The fraction of sp³-hybridized carbons (Fsp3) is 0.778. The summed E-state index contributed by atoms with van der Waals surface area (Å²) in [6.07, 6.45) is 5.66. The monoisotopic (exact) mass is 169 g/mol. The average Bonchev–Trinajstić information content (AvgIpc) is 2.32. The Morgan fingerprint density at radius 1 is 1.33 bits per heavy atom. The molecule has 1 aliphatic rings. The molecule has 0 aromatic heterocycles. The van der Waals surface area contributed by atoms with Crippen LogP contribution in [0.15, 0.2) is 0 Å². The standard InChI is InChI=1S/C9H15NO2/c1-2-3-4-5-10-6-8(11)9(12)7-10/h1,8-9,11-12H,3-7H2/t8-,9+. The van der Waals surface area contributed by atoms with Crippen LogP contribution in [0.1, 0.15) is 12.8 Å². The third kappa shape index (κ3) is 2.49. The summed E-state index contributed by atoms with van der Waals surface area (Å²) < 4.78 is 0. The Labute approximate surface area is 73.0 Å². The van der Waals surface area contributed by atoms with E-state index < -0.39 is 12.2 Å². The normalized spacial score (nSPS) is 30.4. The molecule has 3 heteroatoms. The lowest BCUT2D eigenvalue weighted by Crippen LogP contribution is -2.23. The van der Waals surface area contributed by atoms with E-state index in [0.29, 0.717) is 13.1 Å². The van der Waals surface area contributed by atoms with Crippen molar-refractivity contribution in [1.29, 1.82) is 0 Å². The third-order valence-corrected chi connectivity index (χ3v) is 2.13. The van der Waals surface area contributed by atoms with Crippen molar-refractivity contribution < 1.29 is 10.2 Å². The van der Waals surface area contributed by atoms with E-state index in [2.05, 4.69) is 5.92 Å². The lowest BCUT2D eigenvalue weighted by molar-refractivity contribution is 0.0572. The maximum absolute atomic E-state index is 9.19. The minimum atomic E-state index is -0.573. The van der Waals surface area contributed by atoms with Gasteiger partial charge in [-0.1, -0.05) is 0 Å². The van der Waals surface area contributed by atoms with E-state index >= 15 is 0 Å². The quantitative estimate of drug-likeness (QED) is 0.439. The lowest BCUT2D eigenvalue weighted by atomic mass is 10.3. The van der Waals surface area contributed by atoms with Crippen LogP contribution < -0.4 is 0 Å². The molecule has 0 bridgehead atoms. The third-order valence-electron chi connectivity index (χ3n) is 2.13. The Bertz CT molecular complexity index is 166. The topological polar surface area (TPSA) is 43.7 Å². The lowest BCUT2D eigenvalue weighted by Gasteiger charge is -2.12. The Kier molecular flexibility index (Phi) is 3.54. The molecule has 12 heavy (non-hydrogen) atoms. The molecule has 1 heterocycles. The number of β-amino-alcohol motifs (C(OH)–C–C–N with tert-alkyl or cyclic N) is 2. The van der Waals surface area contributed by atoms with Gasteiger partial charge in [0.05, 0.1) is 12.2 Å². The van der Waals surface area contributed by atoms with Crippen LogP contribution in [0.5, 0.6) is 0 Å². The van der Waals surface area contributed by atoms with Crippen molar-refractivity contribution in [2.24, 2.45) is 0 Å². The first kappa shape index (κ1) is 9.53. The van der Waals surface area contributed by atoms with E-state index in [-0.39, 0.29) is 0 Å². The summed E-state index contributed by atoms with van der Waals surface area (Å²) >= 11 is 0. The van der Waals surface area contributed by atoms with Gasteiger partial charge in [-0.05, 0) is 13.0 Å². The maximum atomic E-state index is 9.19. The van der Waals surface area contributed by atoms with Crippen molar-refractivity contribution in [3.05, 3.63) is 0 Å². The van der Waals surface area contributed by atoms with E-state index in [4.69, 9.17) is 6.42 Å². The Balaban J connectivity index is 2.15. The summed E-state index contributed by atoms with van der Waals surface area (Å²) in [6, 6.07) is 0. The molecule has 0 aromatic carbocycles. The van der Waals surface area contributed by atoms with Gasteiger partial charge in [0.2, 0.25) is 0 Å². The molecule has 0 spiro atoms. The first-order valence-electron chi connectivity index (χ1n) is 4.26. The van der Waals surface area contributed by atoms with Crippen molar-refractivity contribution in [2.45, 2.75) is 25.0 Å². The van der Waals surface area contributed by atoms with E-state index in [9.17, 15) is 10.2 Å². The smallest absolute Gasteiger partial charge is 0.0938 e. The van der Waals surface area contributed by atoms with Crippen molar-refractivity contribution in [3.63, 3.8) is 0 Å². The summed E-state index contributed by atoms with van der Waals surface area (Å²) in [5.41, 5.74) is 0. The van der Waals surface area contributed by atoms with Gasteiger partial charge >= 0.3 is 0 Å². The highest BCUT2D eigenvalue weighted by molar-refractivity contribution is 4.86. The van der Waals surface area contributed by atoms with Crippen molar-refractivity contribution in [3.8, 4) is 12.3 Å². The largest absolute Gasteiger partial charge is 0.389 e. The number of aliphatic hydroxyl groups excluding tert-OH is 2. The second kappa shape index (κ2) is 4.46. The number of nitrogens with zero attached hydrogens (tertiary/aromatic N) is 1. The van der Waals surface area contributed by atoms with Gasteiger partial charge in [-0.2, -0.15) is 0 Å². The van der Waals surface area contributed by atoms with Crippen LogP contribution >= 0.6 is 0 Å². The molecule has 0 radical (unpaired) electrons. The van der Waals surface area contributed by atoms with Gasteiger partial charge in [0.15, 0.2) is 0 Å². The summed E-state index contributed by atoms with van der Waals surface area (Å²) in [4.78, 5) is 2.03. The van der Waals surface area contributed by atoms with Crippen LogP contribution in [0.2, 0.25) is 0 Å². The molecule has 0 aliphatic carbocycles. The Morgan fingerprint density at radius 2 is 1.92 bits per heavy atom. The van der Waals surface area contributed by atoms with Gasteiger partial charge < -0.3 is 10.2 Å². The highest BCUT2D eigenvalue weighted by Gasteiger charge is 2.28. The highest BCUT2D eigenvalue weighted by Crippen LogP contribution is 2.10. The zero-order valence-electron chi connectivity index (χ0n) is 7.11. The van der Waals surface area contributed by atoms with Crippen molar-refractivity contribution >= 4 is 0 Å². The maximum Gasteiger partial charge on any atom is 0.0938 e. The van der Waals surface area contributed by atoms with Crippen LogP contribution in [0, 0.1) is 12.3 Å². The Morgan fingerprint density at radius 3 is 2.42 bits per heavy atom. The molecule has 0 saturated carbocycles. The van der Waals surface area contributed by atoms with Gasteiger partial charge in [0.25, 0.3) is 0 Å². The number of aliphatic hydroxyl groups is 2. The number of unbranched alkanes of at least 4 members (excludes halogenated alkanes) is 1. The molecule has 2 atom stereocenters. The molecule has 1 aliphatic heterocycles. The predicted molar refractivity (Wildman–Crippen MR) is 46.5 cm³/mol. The van der Waals surface area contributed by atoms with Crippen LogP contribution in [-0.4, -0.2) is 47.0 Å². The first-order chi connectivity index (χ1) is 5.74. The van der Waals surface area contributed by atoms with E-state index in [1.807, 2.05) is 4.90 Å². The zero-order chi connectivity index (χ0) is 8.97. The molecular weight excluding hydrogens is 154 g/mol. The van der Waals surface area contributed by atoms with Crippen LogP contribution in [0.3, 0.4) is 0 Å². The Hall–Kier alpha value is -0.560. The fourth-order valence-corrected chi connectivity index (χ4v) is 1.43. The number of hydrogen-bond acceptors (Lipinski definition) is 3. The van der Waals surface area contributed by atoms with Crippen LogP contribution in [-0.2, 0) is 0 Å². The van der Waals surface area contributed by atoms with Gasteiger partial charge in [-0.3, -0.25) is 4.90 Å². The van der Waals surface area contributed by atoms with Crippen molar-refractivity contribution in [1.82, 2.24) is 4.90 Å². The summed E-state index contributed by atoms with van der Waals surface area (Å²) in [5.74, 6) is 2.56. The molecule has 0 aromatic rings. The van der Waals surface area contributed by atoms with Crippen molar-refractivity contribution in [2.75, 3.05) is 19.6 Å². The van der Waals surface area contributed by atoms with Crippen LogP contribution in [0.25, 0.3) is 0 Å². The second-order valence-electron chi connectivity index (χ2n) is 3.20. The molecule has 1 fully saturated rings. The number of likely N-dealkylation sites (tertiary alicyclic amines) is 1. The van der Waals surface area contributed by atoms with Gasteiger partial charge in [0, 0.05) is 19.5 Å². The van der Waals surface area contributed by atoms with E-state index in [1.54, 1.807) is 0 Å². The SMILES string of the molecule is C#CCCCN1C[C@@H](O)[C@@H](O)C1. The van der Waals surface area contributed by atoms with Gasteiger partial charge in [-0.25, -0.2) is 0 Å². The predicted octanol–water partition coefficient (Wildman–Crippen LogP) is -0.563. The molecular formula is C9H15NO2. The number of terminal acetylenes is 1. The molecule has 68 valence electrons. The molecule has 0 unspecified atom stereocenters. The average molecular weight is 169 g/mol. The highest BCUT2D eigenvalue weighted by atomic mass is 16.3. The summed E-state index contributed by atoms with van der Waals surface area (Å²) in [5, 5.41) is 18.4. The minimum absolute atomic E-state index is 0.573. The number of hydrogen-bond donors (Lipinski definition) is 2.